The van der Waals surface area contributed by atoms with E-state index in [1.54, 1.807) is 13.8 Å². The number of hydrogen-bond donors (Lipinski definition) is 0. The van der Waals surface area contributed by atoms with E-state index in [9.17, 15) is 35.1 Å². The van der Waals surface area contributed by atoms with Crippen LogP contribution in [0.15, 0.2) is 24.3 Å². The molecule has 0 bridgehead atoms. The van der Waals surface area contributed by atoms with Gasteiger partial charge in [-0.3, -0.25) is 4.90 Å². The average Bonchev–Trinajstić information content (AvgIpc) is 3.09. The first-order valence-corrected chi connectivity index (χ1v) is 15.9. The van der Waals surface area contributed by atoms with Crippen molar-refractivity contribution < 1.29 is 70.2 Å². The summed E-state index contributed by atoms with van der Waals surface area (Å²) in [5.74, 6) is -39.1. The highest BCUT2D eigenvalue weighted by atomic mass is 19.2. The zero-order valence-electron chi connectivity index (χ0n) is 27.5. The van der Waals surface area contributed by atoms with Gasteiger partial charge in [-0.05, 0) is 38.8 Å². The molecule has 4 aromatic carbocycles. The highest BCUT2D eigenvalue weighted by molar-refractivity contribution is 5.54. The summed E-state index contributed by atoms with van der Waals surface area (Å²) in [6.45, 7) is 2.94. The van der Waals surface area contributed by atoms with Crippen LogP contribution in [-0.2, 0) is 5.41 Å². The van der Waals surface area contributed by atoms with Crippen molar-refractivity contribution in [1.29, 1.82) is 0 Å². The molecule has 0 saturated carbocycles. The Bertz CT molecular complexity index is 1850. The maximum Gasteiger partial charge on any atom is 0.194 e. The smallest absolute Gasteiger partial charge is 0.194 e. The van der Waals surface area contributed by atoms with Crippen molar-refractivity contribution in [3.05, 3.63) is 140 Å². The normalized spacial score (nSPS) is 12.7. The molecule has 0 aliphatic rings. The molecule has 1 nitrogen and oxygen atoms in total. The highest BCUT2D eigenvalue weighted by Crippen LogP contribution is 2.52. The molecule has 0 aliphatic carbocycles. The molecule has 0 amide bonds. The molecule has 288 valence electrons. The van der Waals surface area contributed by atoms with E-state index in [0.29, 0.717) is 12.8 Å². The fourth-order valence-corrected chi connectivity index (χ4v) is 6.52. The summed E-state index contributed by atoms with van der Waals surface area (Å²) in [6, 6.07) is -3.64. The van der Waals surface area contributed by atoms with E-state index in [1.807, 2.05) is 0 Å². The van der Waals surface area contributed by atoms with Crippen LogP contribution in [0.3, 0.4) is 0 Å². The van der Waals surface area contributed by atoms with Crippen LogP contribution in [0.1, 0.15) is 80.7 Å². The van der Waals surface area contributed by atoms with Gasteiger partial charge in [0, 0.05) is 52.6 Å². The van der Waals surface area contributed by atoms with Crippen LogP contribution in [0, 0.1) is 93.1 Å². The molecule has 0 heterocycles. The third kappa shape index (κ3) is 7.45. The standard InChI is InChI=1S/C36H27F16N/c1-3-5-9-53(10-6-4-2)23(24-15(37)11-19(41)28(45)32(24)49)7-8-36(25-16(38)12-20(42)29(46)33(25)50,26-17(39)13-21(43)30(47)34(26)51)27-18(40)14-22(44)31(48)35(27)52/h11-14,23H,3-10H2,1-2H3. The van der Waals surface area contributed by atoms with Gasteiger partial charge in [0.05, 0.1) is 5.41 Å². The maximum absolute atomic E-state index is 15.9. The number of hydrogen-bond acceptors (Lipinski definition) is 1. The Morgan fingerprint density at radius 3 is 1.09 bits per heavy atom. The molecule has 0 N–H and O–H groups in total. The van der Waals surface area contributed by atoms with Gasteiger partial charge in [-0.25, -0.2) is 70.2 Å². The molecule has 0 radical (unpaired) electrons. The van der Waals surface area contributed by atoms with Gasteiger partial charge in [0.15, 0.2) is 69.8 Å². The summed E-state index contributed by atoms with van der Waals surface area (Å²) in [4.78, 5) is 1.17. The summed E-state index contributed by atoms with van der Waals surface area (Å²) in [5, 5.41) is 0. The monoisotopic (exact) mass is 777 g/mol. The third-order valence-corrected chi connectivity index (χ3v) is 8.94. The van der Waals surface area contributed by atoms with Crippen LogP contribution in [0.4, 0.5) is 70.2 Å². The Morgan fingerprint density at radius 2 is 0.755 bits per heavy atom. The first-order chi connectivity index (χ1) is 24.9. The van der Waals surface area contributed by atoms with Crippen molar-refractivity contribution in [2.45, 2.75) is 63.8 Å². The second-order valence-corrected chi connectivity index (χ2v) is 12.1. The molecule has 1 unspecified atom stereocenters. The van der Waals surface area contributed by atoms with Crippen LogP contribution in [-0.4, -0.2) is 18.0 Å². The lowest BCUT2D eigenvalue weighted by Crippen LogP contribution is -2.40. The molecule has 4 rings (SSSR count). The first-order valence-electron chi connectivity index (χ1n) is 15.9. The molecular formula is C36H27F16N. The Labute approximate surface area is 291 Å². The first kappa shape index (κ1) is 41.5. The zero-order valence-corrected chi connectivity index (χ0v) is 27.5. The Morgan fingerprint density at radius 1 is 0.434 bits per heavy atom. The quantitative estimate of drug-likeness (QED) is 0.0533. The number of halogens is 16. The molecule has 0 saturated heterocycles. The summed E-state index contributed by atoms with van der Waals surface area (Å²) in [7, 11) is 0. The SMILES string of the molecule is CCCCN(CCCC)C(CCC(c1c(F)cc(F)c(F)c1F)(c1c(F)cc(F)c(F)c1F)c1c(F)cc(F)c(F)c1F)c1c(F)cc(F)c(F)c1F. The van der Waals surface area contributed by atoms with Gasteiger partial charge < -0.3 is 0 Å². The van der Waals surface area contributed by atoms with Gasteiger partial charge in [-0.15, -0.1) is 0 Å². The van der Waals surface area contributed by atoms with Crippen molar-refractivity contribution in [3.8, 4) is 0 Å². The largest absolute Gasteiger partial charge is 0.296 e. The molecule has 0 aliphatic heterocycles. The predicted molar refractivity (Wildman–Crippen MR) is 158 cm³/mol. The highest BCUT2D eigenvalue weighted by Gasteiger charge is 2.51. The van der Waals surface area contributed by atoms with Crippen molar-refractivity contribution in [3.63, 3.8) is 0 Å². The summed E-state index contributed by atoms with van der Waals surface area (Å²) >= 11 is 0. The number of rotatable bonds is 14. The van der Waals surface area contributed by atoms with Gasteiger partial charge in [0.2, 0.25) is 0 Å². The van der Waals surface area contributed by atoms with E-state index in [4.69, 9.17) is 0 Å². The minimum absolute atomic E-state index is 0.107. The number of unbranched alkanes of at least 4 members (excludes halogenated alkanes) is 2. The van der Waals surface area contributed by atoms with Crippen molar-refractivity contribution >= 4 is 0 Å². The maximum atomic E-state index is 15.9. The minimum atomic E-state index is -4.22. The lowest BCUT2D eigenvalue weighted by Gasteiger charge is -2.40. The number of benzene rings is 4. The molecule has 53 heavy (non-hydrogen) atoms. The lowest BCUT2D eigenvalue weighted by molar-refractivity contribution is 0.163. The van der Waals surface area contributed by atoms with Gasteiger partial charge in [0.1, 0.15) is 23.3 Å². The predicted octanol–water partition coefficient (Wildman–Crippen LogP) is 11.7. The minimum Gasteiger partial charge on any atom is -0.296 e. The van der Waals surface area contributed by atoms with E-state index < -0.39 is 158 Å². The second kappa shape index (κ2) is 16.4. The average molecular weight is 778 g/mol. The van der Waals surface area contributed by atoms with Gasteiger partial charge in [0.25, 0.3) is 0 Å². The fraction of sp³-hybridized carbons (Fsp3) is 0.333. The molecule has 17 heteroatoms. The molecule has 0 fully saturated rings. The second-order valence-electron chi connectivity index (χ2n) is 12.1. The molecule has 4 aromatic rings. The number of nitrogens with zero attached hydrogens (tertiary/aromatic N) is 1. The summed E-state index contributed by atoms with van der Waals surface area (Å²) in [5.41, 5.74) is -12.4. The van der Waals surface area contributed by atoms with Crippen LogP contribution in [0.2, 0.25) is 0 Å². The Balaban J connectivity index is 2.26. The van der Waals surface area contributed by atoms with Gasteiger partial charge in [-0.1, -0.05) is 26.7 Å². The molecule has 0 spiro atoms. The Hall–Kier alpha value is -4.28. The van der Waals surface area contributed by atoms with E-state index in [1.165, 1.54) is 4.90 Å². The van der Waals surface area contributed by atoms with E-state index in [0.717, 1.165) is 0 Å². The Kier molecular flexibility index (Phi) is 12.8. The molecule has 1 atom stereocenters. The van der Waals surface area contributed by atoms with E-state index in [2.05, 4.69) is 0 Å². The van der Waals surface area contributed by atoms with Crippen LogP contribution >= 0.6 is 0 Å². The van der Waals surface area contributed by atoms with E-state index >= 15 is 35.1 Å². The van der Waals surface area contributed by atoms with Gasteiger partial charge in [-0.2, -0.15) is 0 Å². The fourth-order valence-electron chi connectivity index (χ4n) is 6.52. The molecule has 0 aromatic heterocycles. The molecular weight excluding hydrogens is 750 g/mol. The summed E-state index contributed by atoms with van der Waals surface area (Å²) < 4.78 is 243. The van der Waals surface area contributed by atoms with E-state index in [-0.39, 0.29) is 32.0 Å². The van der Waals surface area contributed by atoms with Crippen molar-refractivity contribution in [2.75, 3.05) is 13.1 Å². The van der Waals surface area contributed by atoms with Crippen LogP contribution < -0.4 is 0 Å². The van der Waals surface area contributed by atoms with Gasteiger partial charge >= 0.3 is 0 Å². The van der Waals surface area contributed by atoms with Crippen molar-refractivity contribution in [2.24, 2.45) is 0 Å². The topological polar surface area (TPSA) is 3.24 Å². The summed E-state index contributed by atoms with van der Waals surface area (Å²) in [6.07, 6.45) is -2.05. The lowest BCUT2D eigenvalue weighted by atomic mass is 9.64. The zero-order chi connectivity index (χ0) is 39.7. The van der Waals surface area contributed by atoms with Crippen LogP contribution in [0.25, 0.3) is 0 Å². The third-order valence-electron chi connectivity index (χ3n) is 8.94. The van der Waals surface area contributed by atoms with Crippen molar-refractivity contribution in [1.82, 2.24) is 4.90 Å². The van der Waals surface area contributed by atoms with Crippen LogP contribution in [0.5, 0.6) is 0 Å².